The summed E-state index contributed by atoms with van der Waals surface area (Å²) in [7, 11) is -3.73. The molecule has 6 nitrogen and oxygen atoms in total. The molecule has 1 fully saturated rings. The van der Waals surface area contributed by atoms with Crippen molar-refractivity contribution in [3.63, 3.8) is 0 Å². The molecule has 1 atom stereocenters. The minimum absolute atomic E-state index is 0.0206. The number of morpholine rings is 1. The maximum absolute atomic E-state index is 12.5. The number of nitrogen functional groups attached to an aromatic ring is 1. The number of sulfonamides is 1. The molecule has 1 aliphatic rings. The zero-order valence-corrected chi connectivity index (χ0v) is 11.7. The van der Waals surface area contributed by atoms with Crippen molar-refractivity contribution in [2.75, 3.05) is 32.0 Å². The van der Waals surface area contributed by atoms with Crippen molar-refractivity contribution in [2.24, 2.45) is 0 Å². The molecule has 0 spiro atoms. The van der Waals surface area contributed by atoms with Gasteiger partial charge in [-0.3, -0.25) is 0 Å². The lowest BCUT2D eigenvalue weighted by Crippen LogP contribution is -2.46. The number of rotatable bonds is 3. The highest BCUT2D eigenvalue weighted by Gasteiger charge is 2.31. The molecule has 1 saturated heterocycles. The minimum atomic E-state index is -3.73. The van der Waals surface area contributed by atoms with E-state index in [9.17, 15) is 8.42 Å². The Kier molecular flexibility index (Phi) is 4.32. The molecule has 0 radical (unpaired) electrons. The zero-order chi connectivity index (χ0) is 14.0. The molecule has 2 rings (SSSR count). The number of halogens is 1. The number of benzene rings is 1. The fraction of sp³-hybridized carbons (Fsp3) is 0.455. The number of ether oxygens (including phenoxy) is 1. The maximum atomic E-state index is 12.5. The Balaban J connectivity index is 2.34. The molecule has 1 unspecified atom stereocenters. The van der Waals surface area contributed by atoms with E-state index >= 15 is 0 Å². The van der Waals surface area contributed by atoms with E-state index < -0.39 is 16.1 Å². The van der Waals surface area contributed by atoms with Gasteiger partial charge in [-0.15, -0.1) is 0 Å². The number of nitrogens with zero attached hydrogens (tertiary/aromatic N) is 1. The molecule has 0 saturated carbocycles. The van der Waals surface area contributed by atoms with E-state index in [1.165, 1.54) is 22.5 Å². The van der Waals surface area contributed by atoms with Crippen LogP contribution < -0.4 is 5.73 Å². The molecule has 1 aliphatic heterocycles. The number of aliphatic hydroxyl groups is 1. The molecule has 8 heteroatoms. The van der Waals surface area contributed by atoms with Crippen LogP contribution in [0.2, 0.25) is 5.02 Å². The van der Waals surface area contributed by atoms with Crippen LogP contribution in [0.25, 0.3) is 0 Å². The van der Waals surface area contributed by atoms with Gasteiger partial charge in [0, 0.05) is 18.8 Å². The lowest BCUT2D eigenvalue weighted by Gasteiger charge is -2.31. The van der Waals surface area contributed by atoms with Crippen molar-refractivity contribution in [1.29, 1.82) is 0 Å². The smallest absolute Gasteiger partial charge is 0.244 e. The summed E-state index contributed by atoms with van der Waals surface area (Å²) in [6.07, 6.45) is -0.511. The second-order valence-electron chi connectivity index (χ2n) is 4.23. The largest absolute Gasteiger partial charge is 0.399 e. The van der Waals surface area contributed by atoms with Gasteiger partial charge < -0.3 is 15.6 Å². The molecule has 1 aromatic carbocycles. The van der Waals surface area contributed by atoms with Gasteiger partial charge in [0.15, 0.2) is 0 Å². The topological polar surface area (TPSA) is 92.9 Å². The highest BCUT2D eigenvalue weighted by atomic mass is 35.5. The van der Waals surface area contributed by atoms with Crippen LogP contribution in [0, 0.1) is 0 Å². The zero-order valence-electron chi connectivity index (χ0n) is 10.1. The van der Waals surface area contributed by atoms with Crippen molar-refractivity contribution in [3.8, 4) is 0 Å². The van der Waals surface area contributed by atoms with E-state index in [0.717, 1.165) is 0 Å². The van der Waals surface area contributed by atoms with Gasteiger partial charge in [0.1, 0.15) is 4.90 Å². The van der Waals surface area contributed by atoms with Crippen LogP contribution >= 0.6 is 11.6 Å². The maximum Gasteiger partial charge on any atom is 0.244 e. The molecule has 0 bridgehead atoms. The summed E-state index contributed by atoms with van der Waals surface area (Å²) in [4.78, 5) is -0.0206. The van der Waals surface area contributed by atoms with E-state index in [1.54, 1.807) is 0 Å². The van der Waals surface area contributed by atoms with Crippen molar-refractivity contribution >= 4 is 27.3 Å². The molecular formula is C11H15ClN2O4S. The number of hydrogen-bond donors (Lipinski definition) is 2. The van der Waals surface area contributed by atoms with Gasteiger partial charge in [0.2, 0.25) is 10.0 Å². The van der Waals surface area contributed by atoms with Crippen molar-refractivity contribution in [1.82, 2.24) is 4.31 Å². The van der Waals surface area contributed by atoms with Crippen molar-refractivity contribution in [3.05, 3.63) is 23.2 Å². The summed E-state index contributed by atoms with van der Waals surface area (Å²) in [6.45, 7) is 0.342. The fourth-order valence-corrected chi connectivity index (χ4v) is 3.84. The standard InChI is InChI=1S/C11H15ClN2O4S/c12-10-2-1-8(13)5-11(10)19(16,17)14-3-4-18-9(6-14)7-15/h1-2,5,9,15H,3-4,6-7,13H2. The van der Waals surface area contributed by atoms with Crippen LogP contribution in [0.4, 0.5) is 5.69 Å². The summed E-state index contributed by atoms with van der Waals surface area (Å²) in [5, 5.41) is 9.18. The van der Waals surface area contributed by atoms with Gasteiger partial charge in [-0.1, -0.05) is 11.6 Å². The Morgan fingerprint density at radius 2 is 2.26 bits per heavy atom. The molecule has 0 aliphatic carbocycles. The third-order valence-electron chi connectivity index (χ3n) is 2.88. The first-order chi connectivity index (χ1) is 8.95. The summed E-state index contributed by atoms with van der Waals surface area (Å²) in [5.41, 5.74) is 5.93. The molecule has 19 heavy (non-hydrogen) atoms. The van der Waals surface area contributed by atoms with Crippen LogP contribution in [-0.2, 0) is 14.8 Å². The van der Waals surface area contributed by atoms with Crippen molar-refractivity contribution < 1.29 is 18.3 Å². The van der Waals surface area contributed by atoms with E-state index in [4.69, 9.17) is 27.2 Å². The molecule has 1 heterocycles. The van der Waals surface area contributed by atoms with E-state index in [2.05, 4.69) is 0 Å². The van der Waals surface area contributed by atoms with Gasteiger partial charge in [0.05, 0.1) is 24.3 Å². The van der Waals surface area contributed by atoms with Gasteiger partial charge in [0.25, 0.3) is 0 Å². The molecule has 106 valence electrons. The van der Waals surface area contributed by atoms with Crippen LogP contribution in [0.1, 0.15) is 0 Å². The SMILES string of the molecule is Nc1ccc(Cl)c(S(=O)(=O)N2CCOC(CO)C2)c1. The van der Waals surface area contributed by atoms with E-state index in [0.29, 0.717) is 5.69 Å². The first-order valence-electron chi connectivity index (χ1n) is 5.73. The Bertz CT molecular complexity index is 564. The van der Waals surface area contributed by atoms with Crippen LogP contribution in [0.3, 0.4) is 0 Å². The average Bonchev–Trinajstić information content (AvgIpc) is 2.41. The lowest BCUT2D eigenvalue weighted by molar-refractivity contribution is -0.0304. The Morgan fingerprint density at radius 3 is 2.95 bits per heavy atom. The van der Waals surface area contributed by atoms with Crippen LogP contribution in [-0.4, -0.2) is 50.2 Å². The number of aliphatic hydroxyl groups excluding tert-OH is 1. The summed E-state index contributed by atoms with van der Waals surface area (Å²) in [5.74, 6) is 0. The first kappa shape index (κ1) is 14.5. The first-order valence-corrected chi connectivity index (χ1v) is 7.54. The van der Waals surface area contributed by atoms with E-state index in [-0.39, 0.29) is 36.2 Å². The fourth-order valence-electron chi connectivity index (χ4n) is 1.88. The lowest BCUT2D eigenvalue weighted by atomic mass is 10.3. The summed E-state index contributed by atoms with van der Waals surface area (Å²) >= 11 is 5.93. The Labute approximate surface area is 116 Å². The summed E-state index contributed by atoms with van der Waals surface area (Å²) in [6, 6.07) is 4.33. The number of nitrogens with two attached hydrogens (primary N) is 1. The highest BCUT2D eigenvalue weighted by molar-refractivity contribution is 7.89. The van der Waals surface area contributed by atoms with Crippen LogP contribution in [0.5, 0.6) is 0 Å². The second-order valence-corrected chi connectivity index (χ2v) is 6.54. The molecule has 0 amide bonds. The van der Waals surface area contributed by atoms with Crippen LogP contribution in [0.15, 0.2) is 23.1 Å². The predicted octanol–water partition coefficient (Wildman–Crippen LogP) is 0.304. The van der Waals surface area contributed by atoms with Gasteiger partial charge in [-0.05, 0) is 18.2 Å². The number of hydrogen-bond acceptors (Lipinski definition) is 5. The van der Waals surface area contributed by atoms with E-state index in [1.807, 2.05) is 0 Å². The molecule has 0 aromatic heterocycles. The van der Waals surface area contributed by atoms with Gasteiger partial charge in [-0.25, -0.2) is 8.42 Å². The van der Waals surface area contributed by atoms with Crippen molar-refractivity contribution in [2.45, 2.75) is 11.0 Å². The monoisotopic (exact) mass is 306 g/mol. The molecular weight excluding hydrogens is 292 g/mol. The third kappa shape index (κ3) is 3.01. The normalized spacial score (nSPS) is 21.5. The van der Waals surface area contributed by atoms with Gasteiger partial charge >= 0.3 is 0 Å². The number of anilines is 1. The highest BCUT2D eigenvalue weighted by Crippen LogP contribution is 2.27. The third-order valence-corrected chi connectivity index (χ3v) is 5.22. The Hall–Kier alpha value is -0.860. The quantitative estimate of drug-likeness (QED) is 0.784. The van der Waals surface area contributed by atoms with Gasteiger partial charge in [-0.2, -0.15) is 4.31 Å². The molecule has 3 N–H and O–H groups in total. The second kappa shape index (κ2) is 5.64. The minimum Gasteiger partial charge on any atom is -0.399 e. The molecule has 1 aromatic rings. The predicted molar refractivity (Wildman–Crippen MR) is 71.4 cm³/mol. The summed E-state index contributed by atoms with van der Waals surface area (Å²) < 4.78 is 31.4. The average molecular weight is 307 g/mol. The Morgan fingerprint density at radius 1 is 1.53 bits per heavy atom.